The number of guanidine groups is 1. The number of aliphatic hydroxyl groups is 1. The summed E-state index contributed by atoms with van der Waals surface area (Å²) in [5.41, 5.74) is 0.605. The molecule has 31 heavy (non-hydrogen) atoms. The Morgan fingerprint density at radius 1 is 1.19 bits per heavy atom. The summed E-state index contributed by atoms with van der Waals surface area (Å²) in [5, 5.41) is 16.8. The number of morpholine rings is 1. The van der Waals surface area contributed by atoms with E-state index in [1.165, 1.54) is 12.1 Å². The van der Waals surface area contributed by atoms with Crippen LogP contribution in [0, 0.1) is 5.92 Å². The number of hydrogen-bond donors (Lipinski definition) is 3. The van der Waals surface area contributed by atoms with E-state index in [0.29, 0.717) is 36.6 Å². The second-order valence-corrected chi connectivity index (χ2v) is 7.52. The Morgan fingerprint density at radius 2 is 1.84 bits per heavy atom. The monoisotopic (exact) mass is 556 g/mol. The third kappa shape index (κ3) is 9.84. The fourth-order valence-electron chi connectivity index (χ4n) is 3.37. The summed E-state index contributed by atoms with van der Waals surface area (Å²) in [6.45, 7) is 8.41. The maximum Gasteiger partial charge on any atom is 0.387 e. The molecule has 1 saturated heterocycles. The molecule has 2 rings (SSSR count). The fourth-order valence-corrected chi connectivity index (χ4v) is 3.37. The van der Waals surface area contributed by atoms with Crippen LogP contribution in [-0.4, -0.2) is 74.6 Å². The smallest absolute Gasteiger partial charge is 0.387 e. The van der Waals surface area contributed by atoms with Crippen molar-refractivity contribution in [1.29, 1.82) is 0 Å². The number of ether oxygens (including phenoxy) is 2. The van der Waals surface area contributed by atoms with Crippen LogP contribution in [-0.2, 0) is 4.74 Å². The number of rotatable bonds is 10. The van der Waals surface area contributed by atoms with Crippen LogP contribution in [0.5, 0.6) is 5.75 Å². The minimum absolute atomic E-state index is 0. The molecule has 0 bridgehead atoms. The second-order valence-electron chi connectivity index (χ2n) is 7.52. The van der Waals surface area contributed by atoms with Crippen molar-refractivity contribution in [2.45, 2.75) is 39.5 Å². The molecular weight excluding hydrogens is 521 g/mol. The molecule has 1 aromatic rings. The Hall–Kier alpha value is -1.24. The lowest BCUT2D eigenvalue weighted by Crippen LogP contribution is -2.48. The molecule has 178 valence electrons. The van der Waals surface area contributed by atoms with E-state index in [1.54, 1.807) is 12.1 Å². The molecule has 1 aliphatic heterocycles. The minimum atomic E-state index is -2.87. The first-order valence-electron chi connectivity index (χ1n) is 10.5. The van der Waals surface area contributed by atoms with Crippen LogP contribution in [0.15, 0.2) is 29.3 Å². The van der Waals surface area contributed by atoms with Gasteiger partial charge in [0.2, 0.25) is 0 Å². The molecular formula is C21H35F2IN4O3. The van der Waals surface area contributed by atoms with Crippen molar-refractivity contribution < 1.29 is 23.4 Å². The molecule has 0 saturated carbocycles. The summed E-state index contributed by atoms with van der Waals surface area (Å²) in [5.74, 6) is 1.15. The van der Waals surface area contributed by atoms with Gasteiger partial charge in [-0.05, 0) is 30.5 Å². The predicted molar refractivity (Wildman–Crippen MR) is 128 cm³/mol. The van der Waals surface area contributed by atoms with Crippen molar-refractivity contribution >= 4 is 29.9 Å². The van der Waals surface area contributed by atoms with Gasteiger partial charge >= 0.3 is 6.61 Å². The molecule has 1 aromatic carbocycles. The number of alkyl halides is 2. The molecule has 2 atom stereocenters. The molecule has 0 aromatic heterocycles. The molecule has 7 nitrogen and oxygen atoms in total. The highest BCUT2D eigenvalue weighted by atomic mass is 127. The first kappa shape index (κ1) is 27.8. The molecule has 10 heteroatoms. The van der Waals surface area contributed by atoms with Crippen LogP contribution < -0.4 is 15.4 Å². The van der Waals surface area contributed by atoms with Crippen LogP contribution in [0.4, 0.5) is 8.78 Å². The highest BCUT2D eigenvalue weighted by Gasteiger charge is 2.23. The number of halogens is 3. The van der Waals surface area contributed by atoms with Crippen LogP contribution >= 0.6 is 24.0 Å². The zero-order valence-corrected chi connectivity index (χ0v) is 20.7. The maximum atomic E-state index is 12.2. The van der Waals surface area contributed by atoms with Crippen molar-refractivity contribution in [3.63, 3.8) is 0 Å². The van der Waals surface area contributed by atoms with E-state index in [9.17, 15) is 13.9 Å². The summed E-state index contributed by atoms with van der Waals surface area (Å²) in [7, 11) is 0. The lowest BCUT2D eigenvalue weighted by Gasteiger charge is -2.36. The Balaban J connectivity index is 0.00000480. The summed E-state index contributed by atoms with van der Waals surface area (Å²) >= 11 is 0. The van der Waals surface area contributed by atoms with Gasteiger partial charge in [0, 0.05) is 32.2 Å². The topological polar surface area (TPSA) is 78.4 Å². The van der Waals surface area contributed by atoms with Crippen LogP contribution in [0.1, 0.15) is 32.4 Å². The molecule has 0 amide bonds. The van der Waals surface area contributed by atoms with E-state index in [1.807, 2.05) is 6.92 Å². The number of nitrogens with one attached hydrogen (secondary N) is 2. The number of hydrogen-bond acceptors (Lipinski definition) is 5. The fraction of sp³-hybridized carbons (Fsp3) is 0.667. The van der Waals surface area contributed by atoms with E-state index in [4.69, 9.17) is 9.73 Å². The van der Waals surface area contributed by atoms with Crippen molar-refractivity contribution in [2.75, 3.05) is 45.9 Å². The Bertz CT molecular complexity index is 644. The average Bonchev–Trinajstić information content (AvgIpc) is 2.72. The van der Waals surface area contributed by atoms with Gasteiger partial charge in [-0.15, -0.1) is 24.0 Å². The lowest BCUT2D eigenvalue weighted by molar-refractivity contribution is -0.0498. The number of nitrogens with zero attached hydrogens (tertiary/aromatic N) is 2. The Morgan fingerprint density at radius 3 is 2.39 bits per heavy atom. The van der Waals surface area contributed by atoms with Gasteiger partial charge < -0.3 is 25.2 Å². The van der Waals surface area contributed by atoms with Crippen LogP contribution in [0.3, 0.4) is 0 Å². The van der Waals surface area contributed by atoms with Gasteiger partial charge in [-0.1, -0.05) is 26.0 Å². The SMILES string of the molecule is CCNC(=NCC(C(C)C)N1CCOCC1)NCC(O)c1ccc(OC(F)F)cc1.I. The number of aliphatic imine (C=N–C) groups is 1. The summed E-state index contributed by atoms with van der Waals surface area (Å²) in [6.07, 6.45) is -0.811. The lowest BCUT2D eigenvalue weighted by atomic mass is 10.0. The third-order valence-electron chi connectivity index (χ3n) is 5.02. The zero-order chi connectivity index (χ0) is 21.9. The molecule has 1 heterocycles. The largest absolute Gasteiger partial charge is 0.435 e. The van der Waals surface area contributed by atoms with Gasteiger partial charge in [0.15, 0.2) is 5.96 Å². The van der Waals surface area contributed by atoms with E-state index < -0.39 is 12.7 Å². The van der Waals surface area contributed by atoms with E-state index in [-0.39, 0.29) is 36.3 Å². The standard InChI is InChI=1S/C21H34F2N4O3.HI/c1-4-24-21(25-13-18(15(2)3)27-9-11-29-12-10-27)26-14-19(28)16-5-7-17(8-6-16)30-20(22)23;/h5-8,15,18-20,28H,4,9-14H2,1-3H3,(H2,24,25,26);1H. The van der Waals surface area contributed by atoms with Gasteiger partial charge in [-0.25, -0.2) is 0 Å². The summed E-state index contributed by atoms with van der Waals surface area (Å²) in [4.78, 5) is 7.14. The van der Waals surface area contributed by atoms with E-state index in [0.717, 1.165) is 26.3 Å². The van der Waals surface area contributed by atoms with Crippen LogP contribution in [0.2, 0.25) is 0 Å². The molecule has 0 radical (unpaired) electrons. The summed E-state index contributed by atoms with van der Waals surface area (Å²) < 4.78 is 34.3. The van der Waals surface area contributed by atoms with Gasteiger partial charge in [0.25, 0.3) is 0 Å². The van der Waals surface area contributed by atoms with E-state index >= 15 is 0 Å². The van der Waals surface area contributed by atoms with Gasteiger partial charge in [0.1, 0.15) is 5.75 Å². The third-order valence-corrected chi connectivity index (χ3v) is 5.02. The molecule has 0 spiro atoms. The predicted octanol–water partition coefficient (Wildman–Crippen LogP) is 2.85. The molecule has 1 fully saturated rings. The quantitative estimate of drug-likeness (QED) is 0.234. The Kier molecular flexibility index (Phi) is 13.2. The van der Waals surface area contributed by atoms with Crippen molar-refractivity contribution in [1.82, 2.24) is 15.5 Å². The first-order valence-corrected chi connectivity index (χ1v) is 10.5. The maximum absolute atomic E-state index is 12.2. The van der Waals surface area contributed by atoms with Crippen molar-refractivity contribution in [2.24, 2.45) is 10.9 Å². The highest BCUT2D eigenvalue weighted by Crippen LogP contribution is 2.19. The highest BCUT2D eigenvalue weighted by molar-refractivity contribution is 14.0. The zero-order valence-electron chi connectivity index (χ0n) is 18.4. The molecule has 0 aliphatic carbocycles. The normalized spacial score (nSPS) is 17.2. The second kappa shape index (κ2) is 14.8. The number of aliphatic hydroxyl groups excluding tert-OH is 1. The minimum Gasteiger partial charge on any atom is -0.435 e. The van der Waals surface area contributed by atoms with Gasteiger partial charge in [-0.3, -0.25) is 9.89 Å². The summed E-state index contributed by atoms with van der Waals surface area (Å²) in [6, 6.07) is 6.29. The van der Waals surface area contributed by atoms with E-state index in [2.05, 4.69) is 34.1 Å². The Labute approximate surface area is 200 Å². The van der Waals surface area contributed by atoms with Crippen LogP contribution in [0.25, 0.3) is 0 Å². The molecule has 1 aliphatic rings. The molecule has 2 unspecified atom stereocenters. The molecule has 3 N–H and O–H groups in total. The first-order chi connectivity index (χ1) is 14.4. The van der Waals surface area contributed by atoms with Crippen molar-refractivity contribution in [3.8, 4) is 5.75 Å². The van der Waals surface area contributed by atoms with Gasteiger partial charge in [0.05, 0.1) is 25.9 Å². The number of benzene rings is 1. The van der Waals surface area contributed by atoms with Gasteiger partial charge in [-0.2, -0.15) is 8.78 Å². The average molecular weight is 556 g/mol. The van der Waals surface area contributed by atoms with Crippen molar-refractivity contribution in [3.05, 3.63) is 29.8 Å².